The Morgan fingerprint density at radius 1 is 1.07 bits per heavy atom. The van der Waals surface area contributed by atoms with E-state index in [9.17, 15) is 0 Å². The van der Waals surface area contributed by atoms with Crippen LogP contribution < -0.4 is 5.73 Å². The van der Waals surface area contributed by atoms with Gasteiger partial charge in [0.25, 0.3) is 0 Å². The molecule has 2 aromatic heterocycles. The lowest BCUT2D eigenvalue weighted by Crippen LogP contribution is -1.85. The minimum Gasteiger partial charge on any atom is -0.397 e. The third kappa shape index (κ3) is 3.01. The third-order valence-corrected chi connectivity index (χ3v) is 1.90. The highest BCUT2D eigenvalue weighted by Gasteiger charge is 1.99. The Hall–Kier alpha value is -1.44. The highest BCUT2D eigenvalue weighted by Crippen LogP contribution is 2.17. The van der Waals surface area contributed by atoms with Crippen molar-refractivity contribution < 1.29 is 0 Å². The molecule has 15 heavy (non-hydrogen) atoms. The van der Waals surface area contributed by atoms with Crippen LogP contribution in [0.5, 0.6) is 0 Å². The third-order valence-electron chi connectivity index (χ3n) is 1.90. The molecule has 0 aliphatic rings. The van der Waals surface area contributed by atoms with Crippen LogP contribution in [0.3, 0.4) is 0 Å². The van der Waals surface area contributed by atoms with Gasteiger partial charge in [0.15, 0.2) is 0 Å². The molecule has 0 aromatic carbocycles. The minimum absolute atomic E-state index is 0.850. The number of aryl methyl sites for hydroxylation is 1. The molecule has 0 atom stereocenters. The van der Waals surface area contributed by atoms with Gasteiger partial charge in [-0.15, -0.1) is 0 Å². The van der Waals surface area contributed by atoms with Gasteiger partial charge < -0.3 is 10.1 Å². The first-order valence-electron chi connectivity index (χ1n) is 5.61. The van der Waals surface area contributed by atoms with E-state index in [4.69, 9.17) is 5.73 Å². The van der Waals surface area contributed by atoms with Crippen molar-refractivity contribution in [1.29, 1.82) is 0 Å². The summed E-state index contributed by atoms with van der Waals surface area (Å²) in [7, 11) is 0. The van der Waals surface area contributed by atoms with E-state index in [1.807, 2.05) is 65.1 Å². The Morgan fingerprint density at radius 2 is 1.67 bits per heavy atom. The zero-order valence-electron chi connectivity index (χ0n) is 10.4. The van der Waals surface area contributed by atoms with Crippen LogP contribution in [-0.4, -0.2) is 4.40 Å². The number of aromatic nitrogens is 1. The van der Waals surface area contributed by atoms with E-state index in [-0.39, 0.29) is 0 Å². The molecule has 0 fully saturated rings. The average molecular weight is 206 g/mol. The number of nitrogen functional groups attached to an aromatic ring is 1. The van der Waals surface area contributed by atoms with Gasteiger partial charge in [-0.1, -0.05) is 33.8 Å². The predicted molar refractivity (Wildman–Crippen MR) is 69.2 cm³/mol. The fourth-order valence-corrected chi connectivity index (χ4v) is 1.35. The highest BCUT2D eigenvalue weighted by atomic mass is 14.9. The van der Waals surface area contributed by atoms with Gasteiger partial charge in [-0.05, 0) is 25.1 Å². The van der Waals surface area contributed by atoms with Crippen molar-refractivity contribution >= 4 is 11.2 Å². The van der Waals surface area contributed by atoms with Crippen LogP contribution in [0.4, 0.5) is 5.69 Å². The quantitative estimate of drug-likeness (QED) is 0.696. The molecule has 2 aromatic rings. The van der Waals surface area contributed by atoms with Crippen LogP contribution in [0, 0.1) is 6.92 Å². The topological polar surface area (TPSA) is 30.4 Å². The van der Waals surface area contributed by atoms with E-state index in [1.165, 1.54) is 5.69 Å². The molecule has 2 heteroatoms. The fourth-order valence-electron chi connectivity index (χ4n) is 1.35. The fraction of sp³-hybridized carbons (Fsp3) is 0.385. The Kier molecular flexibility index (Phi) is 6.27. The van der Waals surface area contributed by atoms with Gasteiger partial charge in [0.2, 0.25) is 0 Å². The zero-order chi connectivity index (χ0) is 11.8. The van der Waals surface area contributed by atoms with E-state index in [2.05, 4.69) is 4.40 Å². The van der Waals surface area contributed by atoms with Gasteiger partial charge in [0.1, 0.15) is 0 Å². The molecular weight excluding hydrogens is 184 g/mol. The summed E-state index contributed by atoms with van der Waals surface area (Å²) in [5, 5.41) is 0. The molecule has 0 saturated heterocycles. The summed E-state index contributed by atoms with van der Waals surface area (Å²) in [6, 6.07) is 7.99. The summed E-state index contributed by atoms with van der Waals surface area (Å²) in [5.74, 6) is 0. The van der Waals surface area contributed by atoms with Crippen molar-refractivity contribution in [2.75, 3.05) is 5.73 Å². The first-order valence-corrected chi connectivity index (χ1v) is 5.61. The van der Waals surface area contributed by atoms with Gasteiger partial charge in [-0.2, -0.15) is 0 Å². The number of nitrogens with two attached hydrogens (primary N) is 1. The Bertz CT molecular complexity index is 352. The molecule has 0 spiro atoms. The van der Waals surface area contributed by atoms with Gasteiger partial charge >= 0.3 is 0 Å². The van der Waals surface area contributed by atoms with Crippen LogP contribution in [0.15, 0.2) is 30.5 Å². The molecule has 0 saturated carbocycles. The van der Waals surface area contributed by atoms with Crippen LogP contribution >= 0.6 is 0 Å². The van der Waals surface area contributed by atoms with E-state index >= 15 is 0 Å². The summed E-state index contributed by atoms with van der Waals surface area (Å²) in [6.45, 7) is 10.0. The highest BCUT2D eigenvalue weighted by molar-refractivity contribution is 5.71. The Labute approximate surface area is 92.7 Å². The summed E-state index contributed by atoms with van der Waals surface area (Å²) in [5.41, 5.74) is 8.87. The van der Waals surface area contributed by atoms with Gasteiger partial charge in [0.05, 0.1) is 11.2 Å². The average Bonchev–Trinajstić information content (AvgIpc) is 2.61. The molecule has 2 rings (SSSR count). The molecule has 0 aliphatic heterocycles. The van der Waals surface area contributed by atoms with Gasteiger partial charge in [0, 0.05) is 11.9 Å². The molecular formula is C13H22N2. The number of hydrogen-bond donors (Lipinski definition) is 1. The Balaban J connectivity index is 0.000000442. The Morgan fingerprint density at radius 3 is 2.20 bits per heavy atom. The summed E-state index contributed by atoms with van der Waals surface area (Å²) >= 11 is 0. The minimum atomic E-state index is 0.850. The number of rotatable bonds is 0. The van der Waals surface area contributed by atoms with E-state index in [0.717, 1.165) is 11.2 Å². The van der Waals surface area contributed by atoms with Crippen molar-refractivity contribution in [2.24, 2.45) is 0 Å². The molecule has 0 unspecified atom stereocenters. The molecule has 0 bridgehead atoms. The second-order valence-electron chi connectivity index (χ2n) is 2.70. The van der Waals surface area contributed by atoms with E-state index in [1.54, 1.807) is 0 Å². The van der Waals surface area contributed by atoms with E-state index in [0.29, 0.717) is 0 Å². The first kappa shape index (κ1) is 13.6. The molecule has 2 N–H and O–H groups in total. The molecule has 84 valence electrons. The molecule has 0 radical (unpaired) electrons. The second kappa shape index (κ2) is 6.93. The maximum absolute atomic E-state index is 5.76. The van der Waals surface area contributed by atoms with Crippen LogP contribution in [0.25, 0.3) is 5.52 Å². The van der Waals surface area contributed by atoms with Crippen molar-refractivity contribution in [3.8, 4) is 0 Å². The maximum atomic E-state index is 5.76. The number of fused-ring (bicyclic) bond motifs is 1. The largest absolute Gasteiger partial charge is 0.397 e. The number of pyridine rings is 1. The first-order chi connectivity index (χ1) is 7.29. The predicted octanol–water partition coefficient (Wildman–Crippen LogP) is 3.88. The lowest BCUT2D eigenvalue weighted by molar-refractivity contribution is 1.11. The van der Waals surface area contributed by atoms with Crippen LogP contribution in [0.1, 0.15) is 33.4 Å². The summed E-state index contributed by atoms with van der Waals surface area (Å²) in [6.07, 6.45) is 2.01. The summed E-state index contributed by atoms with van der Waals surface area (Å²) in [4.78, 5) is 0. The van der Waals surface area contributed by atoms with Crippen LogP contribution in [0.2, 0.25) is 0 Å². The zero-order valence-corrected chi connectivity index (χ0v) is 10.4. The molecule has 2 heterocycles. The number of anilines is 1. The van der Waals surface area contributed by atoms with Crippen molar-refractivity contribution in [3.05, 3.63) is 36.2 Å². The maximum Gasteiger partial charge on any atom is 0.0683 e. The lowest BCUT2D eigenvalue weighted by Gasteiger charge is -1.94. The lowest BCUT2D eigenvalue weighted by atomic mass is 10.4. The monoisotopic (exact) mass is 206 g/mol. The molecule has 0 aliphatic carbocycles. The number of hydrogen-bond acceptors (Lipinski definition) is 1. The SMILES string of the molecule is CC.CC.Cc1cc(N)c2ccccn12. The van der Waals surface area contributed by atoms with Gasteiger partial charge in [-0.25, -0.2) is 0 Å². The smallest absolute Gasteiger partial charge is 0.0683 e. The van der Waals surface area contributed by atoms with Crippen LogP contribution in [-0.2, 0) is 0 Å². The van der Waals surface area contributed by atoms with E-state index < -0.39 is 0 Å². The standard InChI is InChI=1S/C9H10N2.2C2H6/c1-7-6-8(10)9-4-2-3-5-11(7)9;2*1-2/h2-6H,10H2,1H3;2*1-2H3. The van der Waals surface area contributed by atoms with Crippen molar-refractivity contribution in [2.45, 2.75) is 34.6 Å². The van der Waals surface area contributed by atoms with Gasteiger partial charge in [-0.3, -0.25) is 0 Å². The normalized spacial score (nSPS) is 8.60. The second-order valence-corrected chi connectivity index (χ2v) is 2.70. The number of nitrogens with zero attached hydrogens (tertiary/aromatic N) is 1. The summed E-state index contributed by atoms with van der Waals surface area (Å²) < 4.78 is 2.08. The molecule has 2 nitrogen and oxygen atoms in total. The molecule has 0 amide bonds. The van der Waals surface area contributed by atoms with Crippen molar-refractivity contribution in [1.82, 2.24) is 4.40 Å². The van der Waals surface area contributed by atoms with Crippen molar-refractivity contribution in [3.63, 3.8) is 0 Å².